The third-order valence-corrected chi connectivity index (χ3v) is 3.92. The van der Waals surface area contributed by atoms with Crippen LogP contribution in [-0.4, -0.2) is 18.8 Å². The summed E-state index contributed by atoms with van der Waals surface area (Å²) in [7, 11) is 0. The van der Waals surface area contributed by atoms with E-state index in [1.54, 1.807) is 0 Å². The molecule has 1 fully saturated rings. The molecule has 2 aromatic rings. The van der Waals surface area contributed by atoms with E-state index in [-0.39, 0.29) is 12.2 Å². The predicted octanol–water partition coefficient (Wildman–Crippen LogP) is 4.19. The Balaban J connectivity index is 1.46. The monoisotopic (exact) mass is 306 g/mol. The van der Waals surface area contributed by atoms with E-state index in [0.29, 0.717) is 13.2 Å². The Hall–Kier alpha value is -2.08. The fraction of sp³-hybridized carbons (Fsp3) is 0.333. The third-order valence-electron chi connectivity index (χ3n) is 3.92. The van der Waals surface area contributed by atoms with Gasteiger partial charge in [0.1, 0.15) is 6.10 Å². The van der Waals surface area contributed by atoms with Crippen LogP contribution in [0.2, 0.25) is 0 Å². The quantitative estimate of drug-likeness (QED) is 0.789. The van der Waals surface area contributed by atoms with Crippen molar-refractivity contribution in [2.45, 2.75) is 38.1 Å². The van der Waals surface area contributed by atoms with Gasteiger partial charge >= 0.3 is 0 Å². The summed E-state index contributed by atoms with van der Waals surface area (Å²) in [5.41, 5.74) is 2.24. The van der Waals surface area contributed by atoms with Gasteiger partial charge in [-0.2, -0.15) is 0 Å². The molecule has 1 heterocycles. The SMILES string of the molecule is C(#CC1CCC[C@@H](COCc2ccccc2)O1)c1ccccc1. The van der Waals surface area contributed by atoms with E-state index >= 15 is 0 Å². The van der Waals surface area contributed by atoms with Gasteiger partial charge < -0.3 is 9.47 Å². The summed E-state index contributed by atoms with van der Waals surface area (Å²) in [6, 6.07) is 20.3. The molecule has 2 atom stereocenters. The Labute approximate surface area is 138 Å². The van der Waals surface area contributed by atoms with Gasteiger partial charge in [0, 0.05) is 5.56 Å². The number of rotatable bonds is 4. The van der Waals surface area contributed by atoms with Crippen molar-refractivity contribution in [2.24, 2.45) is 0 Å². The van der Waals surface area contributed by atoms with Gasteiger partial charge in [0.25, 0.3) is 0 Å². The van der Waals surface area contributed by atoms with Crippen LogP contribution in [0.1, 0.15) is 30.4 Å². The largest absolute Gasteiger partial charge is 0.374 e. The van der Waals surface area contributed by atoms with E-state index in [9.17, 15) is 0 Å². The predicted molar refractivity (Wildman–Crippen MR) is 91.9 cm³/mol. The second kappa shape index (κ2) is 8.53. The highest BCUT2D eigenvalue weighted by Crippen LogP contribution is 2.19. The average Bonchev–Trinajstić information content (AvgIpc) is 2.62. The van der Waals surface area contributed by atoms with Crippen LogP contribution in [-0.2, 0) is 16.1 Å². The molecule has 1 saturated heterocycles. The molecule has 1 aliphatic rings. The summed E-state index contributed by atoms with van der Waals surface area (Å²) >= 11 is 0. The van der Waals surface area contributed by atoms with Crippen LogP contribution in [0.25, 0.3) is 0 Å². The first-order valence-electron chi connectivity index (χ1n) is 8.24. The number of hydrogen-bond donors (Lipinski definition) is 0. The second-order valence-corrected chi connectivity index (χ2v) is 5.81. The van der Waals surface area contributed by atoms with Crippen LogP contribution >= 0.6 is 0 Å². The Morgan fingerprint density at radius 2 is 1.70 bits per heavy atom. The first-order chi connectivity index (χ1) is 11.4. The molecule has 23 heavy (non-hydrogen) atoms. The molecule has 118 valence electrons. The Morgan fingerprint density at radius 3 is 2.48 bits per heavy atom. The van der Waals surface area contributed by atoms with Gasteiger partial charge in [0.05, 0.1) is 19.3 Å². The first-order valence-corrected chi connectivity index (χ1v) is 8.24. The molecule has 1 unspecified atom stereocenters. The van der Waals surface area contributed by atoms with E-state index in [1.807, 2.05) is 48.5 Å². The molecule has 0 spiro atoms. The highest BCUT2D eigenvalue weighted by Gasteiger charge is 2.21. The molecule has 1 aliphatic heterocycles. The molecule has 0 amide bonds. The van der Waals surface area contributed by atoms with Gasteiger partial charge in [-0.3, -0.25) is 0 Å². The zero-order valence-corrected chi connectivity index (χ0v) is 13.3. The van der Waals surface area contributed by atoms with Crippen molar-refractivity contribution in [3.63, 3.8) is 0 Å². The maximum Gasteiger partial charge on any atom is 0.119 e. The minimum Gasteiger partial charge on any atom is -0.374 e. The van der Waals surface area contributed by atoms with Crippen LogP contribution in [0.4, 0.5) is 0 Å². The van der Waals surface area contributed by atoms with Crippen LogP contribution in [0.15, 0.2) is 60.7 Å². The van der Waals surface area contributed by atoms with Crippen molar-refractivity contribution < 1.29 is 9.47 Å². The molecule has 0 aliphatic carbocycles. The summed E-state index contributed by atoms with van der Waals surface area (Å²) in [4.78, 5) is 0. The molecule has 0 saturated carbocycles. The first kappa shape index (κ1) is 15.8. The van der Waals surface area contributed by atoms with E-state index < -0.39 is 0 Å². The van der Waals surface area contributed by atoms with E-state index in [4.69, 9.17) is 9.47 Å². The minimum atomic E-state index is 0.0225. The highest BCUT2D eigenvalue weighted by atomic mass is 16.5. The lowest BCUT2D eigenvalue weighted by Crippen LogP contribution is -2.30. The summed E-state index contributed by atoms with van der Waals surface area (Å²) in [6.07, 6.45) is 3.39. The summed E-state index contributed by atoms with van der Waals surface area (Å²) < 4.78 is 11.8. The van der Waals surface area contributed by atoms with Crippen molar-refractivity contribution >= 4 is 0 Å². The van der Waals surface area contributed by atoms with Crippen molar-refractivity contribution in [1.82, 2.24) is 0 Å². The van der Waals surface area contributed by atoms with Crippen LogP contribution in [0.5, 0.6) is 0 Å². The van der Waals surface area contributed by atoms with Crippen LogP contribution in [0, 0.1) is 11.8 Å². The van der Waals surface area contributed by atoms with Gasteiger partial charge in [-0.15, -0.1) is 0 Å². The Bertz CT molecular complexity index is 640. The van der Waals surface area contributed by atoms with Crippen molar-refractivity contribution in [3.05, 3.63) is 71.8 Å². The number of hydrogen-bond acceptors (Lipinski definition) is 2. The van der Waals surface area contributed by atoms with Gasteiger partial charge in [-0.05, 0) is 37.0 Å². The lowest BCUT2D eigenvalue weighted by Gasteiger charge is -2.27. The molecule has 0 bridgehead atoms. The molecule has 2 aromatic carbocycles. The normalized spacial score (nSPS) is 20.5. The van der Waals surface area contributed by atoms with E-state index in [1.165, 1.54) is 5.56 Å². The summed E-state index contributed by atoms with van der Waals surface area (Å²) in [6.45, 7) is 1.28. The molecular weight excluding hydrogens is 284 g/mol. The van der Waals surface area contributed by atoms with Gasteiger partial charge in [-0.25, -0.2) is 0 Å². The molecular formula is C21H22O2. The lowest BCUT2D eigenvalue weighted by atomic mass is 10.0. The third kappa shape index (κ3) is 5.25. The zero-order chi connectivity index (χ0) is 15.7. The molecule has 2 heteroatoms. The maximum absolute atomic E-state index is 6.05. The van der Waals surface area contributed by atoms with Crippen molar-refractivity contribution in [1.29, 1.82) is 0 Å². The number of benzene rings is 2. The molecule has 0 aromatic heterocycles. The molecule has 0 N–H and O–H groups in total. The van der Waals surface area contributed by atoms with E-state index in [2.05, 4.69) is 24.0 Å². The van der Waals surface area contributed by atoms with Gasteiger partial charge in [0.15, 0.2) is 0 Å². The molecule has 3 rings (SSSR count). The van der Waals surface area contributed by atoms with Crippen molar-refractivity contribution in [2.75, 3.05) is 6.61 Å². The van der Waals surface area contributed by atoms with Crippen LogP contribution < -0.4 is 0 Å². The standard InChI is InChI=1S/C21H22O2/c1-3-8-18(9-4-1)14-15-20-12-7-13-21(23-20)17-22-16-19-10-5-2-6-11-19/h1-6,8-11,20-21H,7,12-13,16-17H2/t20?,21-/m0/s1. The highest BCUT2D eigenvalue weighted by molar-refractivity contribution is 5.34. The van der Waals surface area contributed by atoms with E-state index in [0.717, 1.165) is 24.8 Å². The zero-order valence-electron chi connectivity index (χ0n) is 13.3. The maximum atomic E-state index is 6.05. The lowest BCUT2D eigenvalue weighted by molar-refractivity contribution is -0.0683. The smallest absolute Gasteiger partial charge is 0.119 e. The fourth-order valence-corrected chi connectivity index (χ4v) is 2.70. The van der Waals surface area contributed by atoms with Gasteiger partial charge in [0.2, 0.25) is 0 Å². The molecule has 0 radical (unpaired) electrons. The summed E-state index contributed by atoms with van der Waals surface area (Å²) in [5.74, 6) is 6.45. The summed E-state index contributed by atoms with van der Waals surface area (Å²) in [5, 5.41) is 0. The number of ether oxygens (including phenoxy) is 2. The average molecular weight is 306 g/mol. The fourth-order valence-electron chi connectivity index (χ4n) is 2.70. The minimum absolute atomic E-state index is 0.0225. The Morgan fingerprint density at radius 1 is 0.957 bits per heavy atom. The Kier molecular flexibility index (Phi) is 5.86. The second-order valence-electron chi connectivity index (χ2n) is 5.81. The molecule has 2 nitrogen and oxygen atoms in total. The topological polar surface area (TPSA) is 18.5 Å². The van der Waals surface area contributed by atoms with Crippen molar-refractivity contribution in [3.8, 4) is 11.8 Å². The van der Waals surface area contributed by atoms with Gasteiger partial charge in [-0.1, -0.05) is 60.4 Å². The van der Waals surface area contributed by atoms with Crippen LogP contribution in [0.3, 0.4) is 0 Å².